The molecule has 0 amide bonds. The second kappa shape index (κ2) is 3.95. The zero-order valence-electron chi connectivity index (χ0n) is 6.13. The average Bonchev–Trinajstić information content (AvgIpc) is 2.23. The molecule has 1 aromatic heterocycles. The van der Waals surface area contributed by atoms with Gasteiger partial charge in [-0.3, -0.25) is 4.68 Å². The zero-order chi connectivity index (χ0) is 7.28. The molecule has 2 N–H and O–H groups in total. The molecular weight excluding hydrogens is 114 g/mol. The van der Waals surface area contributed by atoms with E-state index in [9.17, 15) is 0 Å². The number of rotatable bonds is 0. The van der Waals surface area contributed by atoms with Crippen molar-refractivity contribution in [2.45, 2.75) is 13.8 Å². The van der Waals surface area contributed by atoms with Gasteiger partial charge in [-0.25, -0.2) is 0 Å². The highest BCUT2D eigenvalue weighted by molar-refractivity contribution is 5.24. The molecule has 0 bridgehead atoms. The molecule has 0 unspecified atom stereocenters. The summed E-state index contributed by atoms with van der Waals surface area (Å²) in [6, 6.07) is 1.75. The molecule has 0 aliphatic heterocycles. The van der Waals surface area contributed by atoms with E-state index >= 15 is 0 Å². The lowest BCUT2D eigenvalue weighted by Gasteiger charge is -1.87. The van der Waals surface area contributed by atoms with Crippen molar-refractivity contribution in [1.82, 2.24) is 9.78 Å². The number of nitrogen functional groups attached to an aromatic ring is 1. The van der Waals surface area contributed by atoms with Crippen LogP contribution < -0.4 is 5.73 Å². The zero-order valence-corrected chi connectivity index (χ0v) is 6.13. The molecule has 9 heavy (non-hydrogen) atoms. The van der Waals surface area contributed by atoms with Crippen molar-refractivity contribution in [2.75, 3.05) is 5.73 Å². The van der Waals surface area contributed by atoms with Gasteiger partial charge in [0.2, 0.25) is 0 Å². The van der Waals surface area contributed by atoms with E-state index in [2.05, 4.69) is 5.10 Å². The number of nitrogens with zero attached hydrogens (tertiary/aromatic N) is 2. The first-order valence-corrected chi connectivity index (χ1v) is 3.04. The number of anilines is 1. The first-order chi connectivity index (χ1) is 4.30. The number of hydrogen-bond donors (Lipinski definition) is 1. The minimum absolute atomic E-state index is 0.694. The van der Waals surface area contributed by atoms with Crippen LogP contribution in [0.1, 0.15) is 13.8 Å². The maximum atomic E-state index is 5.34. The fourth-order valence-electron chi connectivity index (χ4n) is 0.384. The molecule has 0 radical (unpaired) electrons. The fourth-order valence-corrected chi connectivity index (χ4v) is 0.384. The summed E-state index contributed by atoms with van der Waals surface area (Å²) in [5.74, 6) is 0.694. The highest BCUT2D eigenvalue weighted by Gasteiger charge is 1.84. The van der Waals surface area contributed by atoms with Gasteiger partial charge in [0.05, 0.1) is 6.20 Å². The molecule has 0 aliphatic carbocycles. The highest BCUT2D eigenvalue weighted by atomic mass is 15.3. The Morgan fingerprint density at radius 2 is 2.11 bits per heavy atom. The molecule has 0 saturated heterocycles. The highest BCUT2D eigenvalue weighted by Crippen LogP contribution is 1.92. The SMILES string of the molecule is CC.Cn1nccc1N. The third-order valence-corrected chi connectivity index (χ3v) is 0.859. The fraction of sp³-hybridized carbons (Fsp3) is 0.500. The molecule has 1 aromatic rings. The van der Waals surface area contributed by atoms with Crippen molar-refractivity contribution in [1.29, 1.82) is 0 Å². The Morgan fingerprint density at radius 1 is 1.56 bits per heavy atom. The van der Waals surface area contributed by atoms with Gasteiger partial charge in [0.25, 0.3) is 0 Å². The number of aromatic nitrogens is 2. The third kappa shape index (κ3) is 2.17. The number of hydrogen-bond acceptors (Lipinski definition) is 2. The van der Waals surface area contributed by atoms with E-state index in [1.807, 2.05) is 13.8 Å². The van der Waals surface area contributed by atoms with Crippen molar-refractivity contribution in [3.63, 3.8) is 0 Å². The second-order valence-electron chi connectivity index (χ2n) is 1.38. The van der Waals surface area contributed by atoms with E-state index in [0.717, 1.165) is 0 Å². The molecule has 52 valence electrons. The van der Waals surface area contributed by atoms with Gasteiger partial charge < -0.3 is 5.73 Å². The van der Waals surface area contributed by atoms with Crippen LogP contribution in [0.25, 0.3) is 0 Å². The van der Waals surface area contributed by atoms with Gasteiger partial charge in [-0.1, -0.05) is 13.8 Å². The molecule has 0 aliphatic rings. The number of nitrogens with two attached hydrogens (primary N) is 1. The third-order valence-electron chi connectivity index (χ3n) is 0.859. The van der Waals surface area contributed by atoms with Gasteiger partial charge in [-0.15, -0.1) is 0 Å². The summed E-state index contributed by atoms with van der Waals surface area (Å²) in [5, 5.41) is 3.81. The van der Waals surface area contributed by atoms with Crippen molar-refractivity contribution in [3.8, 4) is 0 Å². The molecule has 0 saturated carbocycles. The van der Waals surface area contributed by atoms with Gasteiger partial charge in [0.15, 0.2) is 0 Å². The minimum Gasteiger partial charge on any atom is -0.384 e. The van der Waals surface area contributed by atoms with Gasteiger partial charge >= 0.3 is 0 Å². The summed E-state index contributed by atoms with van der Waals surface area (Å²) < 4.78 is 1.61. The van der Waals surface area contributed by atoms with Gasteiger partial charge in [-0.05, 0) is 6.07 Å². The first kappa shape index (κ1) is 8.01. The summed E-state index contributed by atoms with van der Waals surface area (Å²) in [6.45, 7) is 4.00. The largest absolute Gasteiger partial charge is 0.384 e. The van der Waals surface area contributed by atoms with Crippen molar-refractivity contribution in [2.24, 2.45) is 7.05 Å². The Labute approximate surface area is 55.5 Å². The summed E-state index contributed by atoms with van der Waals surface area (Å²) in [6.07, 6.45) is 1.66. The Kier molecular flexibility index (Phi) is 3.51. The van der Waals surface area contributed by atoms with Gasteiger partial charge in [-0.2, -0.15) is 5.10 Å². The lowest BCUT2D eigenvalue weighted by molar-refractivity contribution is 0.779. The monoisotopic (exact) mass is 127 g/mol. The van der Waals surface area contributed by atoms with Crippen molar-refractivity contribution < 1.29 is 0 Å². The van der Waals surface area contributed by atoms with Crippen LogP contribution in [-0.4, -0.2) is 9.78 Å². The van der Waals surface area contributed by atoms with Crippen LogP contribution in [0.15, 0.2) is 12.3 Å². The topological polar surface area (TPSA) is 43.8 Å². The quantitative estimate of drug-likeness (QED) is 0.565. The van der Waals surface area contributed by atoms with E-state index in [4.69, 9.17) is 5.73 Å². The molecule has 0 atom stereocenters. The lowest BCUT2D eigenvalue weighted by Crippen LogP contribution is -1.95. The number of aryl methyl sites for hydroxylation is 1. The normalized spacial score (nSPS) is 7.89. The Hall–Kier alpha value is -0.990. The first-order valence-electron chi connectivity index (χ1n) is 3.04. The summed E-state index contributed by atoms with van der Waals surface area (Å²) in [7, 11) is 1.80. The van der Waals surface area contributed by atoms with E-state index in [-0.39, 0.29) is 0 Å². The smallest absolute Gasteiger partial charge is 0.121 e. The van der Waals surface area contributed by atoms with Crippen molar-refractivity contribution >= 4 is 5.82 Å². The Morgan fingerprint density at radius 3 is 2.22 bits per heavy atom. The predicted molar refractivity (Wildman–Crippen MR) is 39.0 cm³/mol. The minimum atomic E-state index is 0.694. The predicted octanol–water partition coefficient (Wildman–Crippen LogP) is 1.03. The second-order valence-corrected chi connectivity index (χ2v) is 1.38. The molecule has 3 nitrogen and oxygen atoms in total. The van der Waals surface area contributed by atoms with Crippen LogP contribution in [0.5, 0.6) is 0 Å². The van der Waals surface area contributed by atoms with Gasteiger partial charge in [0, 0.05) is 7.05 Å². The summed E-state index contributed by atoms with van der Waals surface area (Å²) >= 11 is 0. The maximum Gasteiger partial charge on any atom is 0.121 e. The van der Waals surface area contributed by atoms with Crippen LogP contribution in [0.2, 0.25) is 0 Å². The summed E-state index contributed by atoms with van der Waals surface area (Å²) in [4.78, 5) is 0. The van der Waals surface area contributed by atoms with Crippen LogP contribution in [0, 0.1) is 0 Å². The van der Waals surface area contributed by atoms with E-state index in [1.165, 1.54) is 0 Å². The summed E-state index contributed by atoms with van der Waals surface area (Å²) in [5.41, 5.74) is 5.34. The van der Waals surface area contributed by atoms with Crippen LogP contribution >= 0.6 is 0 Å². The average molecular weight is 127 g/mol. The van der Waals surface area contributed by atoms with Crippen molar-refractivity contribution in [3.05, 3.63) is 12.3 Å². The van der Waals surface area contributed by atoms with Crippen LogP contribution in [0.4, 0.5) is 5.82 Å². The molecule has 3 heteroatoms. The molecule has 0 aromatic carbocycles. The molecule has 0 fully saturated rings. The van der Waals surface area contributed by atoms with Crippen LogP contribution in [-0.2, 0) is 7.05 Å². The standard InChI is InChI=1S/C4H7N3.C2H6/c1-7-4(5)2-3-6-7;1-2/h2-3H,5H2,1H3;1-2H3. The Bertz CT molecular complexity index is 141. The molecular formula is C6H13N3. The van der Waals surface area contributed by atoms with E-state index < -0.39 is 0 Å². The maximum absolute atomic E-state index is 5.34. The van der Waals surface area contributed by atoms with E-state index in [1.54, 1.807) is 24.0 Å². The lowest BCUT2D eigenvalue weighted by atomic mass is 10.7. The van der Waals surface area contributed by atoms with Gasteiger partial charge in [0.1, 0.15) is 5.82 Å². The molecule has 0 spiro atoms. The van der Waals surface area contributed by atoms with E-state index in [0.29, 0.717) is 5.82 Å². The molecule has 1 rings (SSSR count). The Balaban J connectivity index is 0.000000291. The van der Waals surface area contributed by atoms with Crippen LogP contribution in [0.3, 0.4) is 0 Å². The molecule has 1 heterocycles.